The van der Waals surface area contributed by atoms with E-state index in [1.165, 1.54) is 24.9 Å². The first-order valence-corrected chi connectivity index (χ1v) is 13.4. The Morgan fingerprint density at radius 2 is 1.79 bits per heavy atom. The van der Waals surface area contributed by atoms with Crippen LogP contribution < -0.4 is 4.74 Å². The largest absolute Gasteiger partial charge is 0.488 e. The average Bonchev–Trinajstić information content (AvgIpc) is 3.47. The van der Waals surface area contributed by atoms with Crippen LogP contribution in [0.15, 0.2) is 60.9 Å². The molecular weight excluding hydrogens is 567 g/mol. The van der Waals surface area contributed by atoms with Crippen molar-refractivity contribution in [2.45, 2.75) is 38.5 Å². The SMILES string of the molecule is COC(=O)N1CCC(c2ccc(COc3c(C)cccc3-c3ccnc(-n4ncc(C(=O)O)c4C(F)(F)F)n3)cc2)CC1. The van der Waals surface area contributed by atoms with Crippen LogP contribution in [0.2, 0.25) is 0 Å². The summed E-state index contributed by atoms with van der Waals surface area (Å²) in [5.41, 5.74) is 1.21. The summed E-state index contributed by atoms with van der Waals surface area (Å²) >= 11 is 0. The van der Waals surface area contributed by atoms with Crippen LogP contribution in [0.25, 0.3) is 17.2 Å². The lowest BCUT2D eigenvalue weighted by molar-refractivity contribution is -0.143. The Morgan fingerprint density at radius 1 is 1.07 bits per heavy atom. The van der Waals surface area contributed by atoms with Gasteiger partial charge in [0.2, 0.25) is 0 Å². The van der Waals surface area contributed by atoms with E-state index in [4.69, 9.17) is 9.47 Å². The molecule has 2 aromatic heterocycles. The number of hydrogen-bond acceptors (Lipinski definition) is 7. The third kappa shape index (κ3) is 6.30. The van der Waals surface area contributed by atoms with Crippen LogP contribution in [-0.2, 0) is 17.5 Å². The summed E-state index contributed by atoms with van der Waals surface area (Å²) < 4.78 is 52.7. The number of ether oxygens (including phenoxy) is 2. The normalized spacial score (nSPS) is 14.0. The van der Waals surface area contributed by atoms with E-state index in [0.717, 1.165) is 24.0 Å². The van der Waals surface area contributed by atoms with E-state index >= 15 is 0 Å². The zero-order valence-electron chi connectivity index (χ0n) is 23.3. The Hall–Kier alpha value is -4.94. The molecule has 13 heteroatoms. The van der Waals surface area contributed by atoms with Gasteiger partial charge in [-0.15, -0.1) is 0 Å². The number of aromatic carboxylic acids is 1. The number of halogens is 3. The number of para-hydroxylation sites is 1. The molecule has 1 amide bonds. The van der Waals surface area contributed by atoms with Gasteiger partial charge in [-0.1, -0.05) is 36.4 Å². The van der Waals surface area contributed by atoms with Gasteiger partial charge in [-0.05, 0) is 54.5 Å². The van der Waals surface area contributed by atoms with Gasteiger partial charge in [-0.3, -0.25) is 0 Å². The second-order valence-corrected chi connectivity index (χ2v) is 10.1. The number of aromatic nitrogens is 4. The number of hydrogen-bond donors (Lipinski definition) is 1. The van der Waals surface area contributed by atoms with E-state index in [-0.39, 0.29) is 18.4 Å². The van der Waals surface area contributed by atoms with Crippen molar-refractivity contribution in [2.75, 3.05) is 20.2 Å². The number of methoxy groups -OCH3 is 1. The molecule has 1 N–H and O–H groups in total. The Morgan fingerprint density at radius 3 is 2.44 bits per heavy atom. The average molecular weight is 596 g/mol. The first-order valence-electron chi connectivity index (χ1n) is 13.4. The first-order chi connectivity index (χ1) is 20.6. The number of nitrogens with zero attached hydrogens (tertiary/aromatic N) is 5. The number of piperidine rings is 1. The van der Waals surface area contributed by atoms with Crippen LogP contribution in [0.3, 0.4) is 0 Å². The maximum atomic E-state index is 13.8. The number of carbonyl (C=O) groups is 2. The number of carboxylic acids is 1. The number of alkyl halides is 3. The fourth-order valence-electron chi connectivity index (χ4n) is 5.14. The molecule has 1 aliphatic rings. The van der Waals surface area contributed by atoms with Crippen molar-refractivity contribution >= 4 is 12.1 Å². The zero-order chi connectivity index (χ0) is 30.7. The topological polar surface area (TPSA) is 120 Å². The molecule has 1 fully saturated rings. The van der Waals surface area contributed by atoms with Crippen molar-refractivity contribution in [3.8, 4) is 23.0 Å². The van der Waals surface area contributed by atoms with Crippen LogP contribution in [0.4, 0.5) is 18.0 Å². The van der Waals surface area contributed by atoms with Gasteiger partial charge in [0, 0.05) is 24.8 Å². The van der Waals surface area contributed by atoms with Crippen molar-refractivity contribution in [3.05, 3.63) is 88.9 Å². The fraction of sp³-hybridized carbons (Fsp3) is 0.300. The van der Waals surface area contributed by atoms with Crippen molar-refractivity contribution in [2.24, 2.45) is 0 Å². The highest BCUT2D eigenvalue weighted by molar-refractivity contribution is 5.89. The maximum absolute atomic E-state index is 13.8. The minimum atomic E-state index is -5.00. The van der Waals surface area contributed by atoms with Gasteiger partial charge >= 0.3 is 18.2 Å². The monoisotopic (exact) mass is 595 g/mol. The van der Waals surface area contributed by atoms with Gasteiger partial charge < -0.3 is 19.5 Å². The molecule has 0 radical (unpaired) electrons. The highest BCUT2D eigenvalue weighted by Gasteiger charge is 2.41. The lowest BCUT2D eigenvalue weighted by Gasteiger charge is -2.31. The highest BCUT2D eigenvalue weighted by atomic mass is 19.4. The molecule has 10 nitrogen and oxygen atoms in total. The lowest BCUT2D eigenvalue weighted by atomic mass is 9.89. The Labute approximate surface area is 244 Å². The first kappa shape index (κ1) is 29.5. The second kappa shape index (κ2) is 12.1. The maximum Gasteiger partial charge on any atom is 0.434 e. The second-order valence-electron chi connectivity index (χ2n) is 10.1. The molecule has 1 aliphatic heterocycles. The molecular formula is C30H28F3N5O5. The van der Waals surface area contributed by atoms with E-state index < -0.39 is 29.4 Å². The molecule has 0 saturated carbocycles. The molecule has 5 rings (SSSR count). The Balaban J connectivity index is 1.35. The van der Waals surface area contributed by atoms with Gasteiger partial charge in [-0.25, -0.2) is 19.6 Å². The van der Waals surface area contributed by atoms with Crippen molar-refractivity contribution in [3.63, 3.8) is 0 Å². The van der Waals surface area contributed by atoms with Crippen molar-refractivity contribution in [1.29, 1.82) is 0 Å². The Bertz CT molecular complexity index is 1630. The van der Waals surface area contributed by atoms with Crippen LogP contribution >= 0.6 is 0 Å². The smallest absolute Gasteiger partial charge is 0.434 e. The fourth-order valence-corrected chi connectivity index (χ4v) is 5.14. The molecule has 0 aliphatic carbocycles. The number of rotatable bonds is 7. The molecule has 4 aromatic rings. The molecule has 3 heterocycles. The van der Waals surface area contributed by atoms with Crippen LogP contribution in [0, 0.1) is 6.92 Å². The van der Waals surface area contributed by atoms with Gasteiger partial charge in [0.05, 0.1) is 19.0 Å². The van der Waals surface area contributed by atoms with Crippen LogP contribution in [-0.4, -0.2) is 62.0 Å². The molecule has 0 atom stereocenters. The summed E-state index contributed by atoms with van der Waals surface area (Å²) in [5, 5.41) is 12.8. The quantitative estimate of drug-likeness (QED) is 0.281. The van der Waals surface area contributed by atoms with Crippen LogP contribution in [0.5, 0.6) is 5.75 Å². The van der Waals surface area contributed by atoms with Gasteiger partial charge in [0.1, 0.15) is 17.9 Å². The lowest BCUT2D eigenvalue weighted by Crippen LogP contribution is -2.37. The molecule has 224 valence electrons. The number of aryl methyl sites for hydroxylation is 1. The van der Waals surface area contributed by atoms with Gasteiger partial charge in [0.15, 0.2) is 5.69 Å². The minimum Gasteiger partial charge on any atom is -0.488 e. The van der Waals surface area contributed by atoms with E-state index in [0.29, 0.717) is 41.2 Å². The van der Waals surface area contributed by atoms with Gasteiger partial charge in [-0.2, -0.15) is 23.0 Å². The van der Waals surface area contributed by atoms with E-state index in [1.807, 2.05) is 25.1 Å². The van der Waals surface area contributed by atoms with Crippen LogP contribution in [0.1, 0.15) is 51.5 Å². The highest BCUT2D eigenvalue weighted by Crippen LogP contribution is 2.35. The number of benzene rings is 2. The third-order valence-electron chi connectivity index (χ3n) is 7.35. The summed E-state index contributed by atoms with van der Waals surface area (Å²) in [4.78, 5) is 33.1. The van der Waals surface area contributed by atoms with E-state index in [9.17, 15) is 27.9 Å². The zero-order valence-corrected chi connectivity index (χ0v) is 23.3. The number of carbonyl (C=O) groups excluding carboxylic acids is 1. The summed E-state index contributed by atoms with van der Waals surface area (Å²) in [6.07, 6.45) is -1.71. The molecule has 0 spiro atoms. The number of likely N-dealkylation sites (tertiary alicyclic amines) is 1. The summed E-state index contributed by atoms with van der Waals surface area (Å²) in [5.74, 6) is -1.36. The molecule has 0 bridgehead atoms. The predicted octanol–water partition coefficient (Wildman–Crippen LogP) is 5.88. The third-order valence-corrected chi connectivity index (χ3v) is 7.35. The van der Waals surface area contributed by atoms with Crippen molar-refractivity contribution < 1.29 is 37.3 Å². The minimum absolute atomic E-state index is 0.232. The number of amides is 1. The molecule has 43 heavy (non-hydrogen) atoms. The summed E-state index contributed by atoms with van der Waals surface area (Å²) in [7, 11) is 1.38. The summed E-state index contributed by atoms with van der Waals surface area (Å²) in [6, 6.07) is 15.0. The standard InChI is InChI=1S/C30H28F3N5O5/c1-18-4-3-5-22(24-10-13-34-28(36-24)38-26(30(31,32)33)23(16-35-38)27(39)40)25(18)43-17-19-6-8-20(9-7-19)21-11-14-37(15-12-21)29(41)42-2/h3-10,13,16,21H,11-12,14-15,17H2,1-2H3,(H,39,40). The van der Waals surface area contributed by atoms with Gasteiger partial charge in [0.25, 0.3) is 5.95 Å². The van der Waals surface area contributed by atoms with E-state index in [2.05, 4.69) is 27.2 Å². The summed E-state index contributed by atoms with van der Waals surface area (Å²) in [6.45, 7) is 3.36. The van der Waals surface area contributed by atoms with Crippen molar-refractivity contribution in [1.82, 2.24) is 24.6 Å². The van der Waals surface area contributed by atoms with E-state index in [1.54, 1.807) is 17.0 Å². The molecule has 0 unspecified atom stereocenters. The molecule has 1 saturated heterocycles. The molecule has 2 aromatic carbocycles. The predicted molar refractivity (Wildman–Crippen MR) is 148 cm³/mol. The Kier molecular flexibility index (Phi) is 8.33. The number of carboxylic acid groups (broad SMARTS) is 1.